The SMILES string of the molecule is CCCNCC(C)(O)Cc1ccc(Cl)cc1F. The molecule has 1 atom stereocenters. The van der Waals surface area contributed by atoms with Crippen LogP contribution in [0.1, 0.15) is 25.8 Å². The van der Waals surface area contributed by atoms with Gasteiger partial charge in [-0.05, 0) is 37.6 Å². The fraction of sp³-hybridized carbons (Fsp3) is 0.538. The van der Waals surface area contributed by atoms with Crippen LogP contribution in [0.5, 0.6) is 0 Å². The van der Waals surface area contributed by atoms with Gasteiger partial charge in [0, 0.05) is 18.0 Å². The number of hydrogen-bond acceptors (Lipinski definition) is 2. The van der Waals surface area contributed by atoms with Crippen LogP contribution in [0.25, 0.3) is 0 Å². The Hall–Kier alpha value is -0.640. The van der Waals surface area contributed by atoms with E-state index in [0.29, 0.717) is 17.1 Å². The Morgan fingerprint density at radius 3 is 2.76 bits per heavy atom. The van der Waals surface area contributed by atoms with Crippen molar-refractivity contribution >= 4 is 11.6 Å². The second-order valence-electron chi connectivity index (χ2n) is 4.59. The van der Waals surface area contributed by atoms with Crippen LogP contribution < -0.4 is 5.32 Å². The molecule has 1 aromatic carbocycles. The van der Waals surface area contributed by atoms with Crippen molar-refractivity contribution in [2.75, 3.05) is 13.1 Å². The quantitative estimate of drug-likeness (QED) is 0.770. The van der Waals surface area contributed by atoms with Gasteiger partial charge in [0.2, 0.25) is 0 Å². The van der Waals surface area contributed by atoms with Crippen molar-refractivity contribution in [1.29, 1.82) is 0 Å². The molecule has 0 aliphatic heterocycles. The zero-order valence-corrected chi connectivity index (χ0v) is 11.0. The number of aliphatic hydroxyl groups is 1. The first-order chi connectivity index (χ1) is 7.94. The van der Waals surface area contributed by atoms with E-state index in [1.807, 2.05) is 0 Å². The zero-order chi connectivity index (χ0) is 12.9. The standard InChI is InChI=1S/C13H19ClFNO/c1-3-6-16-9-13(2,17)8-10-4-5-11(14)7-12(10)15/h4-5,7,16-17H,3,6,8-9H2,1-2H3. The lowest BCUT2D eigenvalue weighted by molar-refractivity contribution is 0.0595. The number of halogens is 2. The molecule has 0 aromatic heterocycles. The molecule has 0 radical (unpaired) electrons. The first-order valence-corrected chi connectivity index (χ1v) is 6.19. The zero-order valence-electron chi connectivity index (χ0n) is 10.3. The third-order valence-corrected chi connectivity index (χ3v) is 2.75. The van der Waals surface area contributed by atoms with Crippen molar-refractivity contribution in [3.63, 3.8) is 0 Å². The van der Waals surface area contributed by atoms with Crippen LogP contribution in [0.3, 0.4) is 0 Å². The van der Waals surface area contributed by atoms with E-state index in [4.69, 9.17) is 11.6 Å². The van der Waals surface area contributed by atoms with Crippen molar-refractivity contribution in [3.8, 4) is 0 Å². The molecular weight excluding hydrogens is 241 g/mol. The highest BCUT2D eigenvalue weighted by molar-refractivity contribution is 6.30. The van der Waals surface area contributed by atoms with Crippen LogP contribution in [-0.2, 0) is 6.42 Å². The van der Waals surface area contributed by atoms with Gasteiger partial charge in [0.15, 0.2) is 0 Å². The lowest BCUT2D eigenvalue weighted by Gasteiger charge is -2.24. The lowest BCUT2D eigenvalue weighted by Crippen LogP contribution is -2.40. The fourth-order valence-electron chi connectivity index (χ4n) is 1.67. The van der Waals surface area contributed by atoms with E-state index in [2.05, 4.69) is 12.2 Å². The highest BCUT2D eigenvalue weighted by atomic mass is 35.5. The summed E-state index contributed by atoms with van der Waals surface area (Å²) in [7, 11) is 0. The Morgan fingerprint density at radius 2 is 2.18 bits per heavy atom. The smallest absolute Gasteiger partial charge is 0.127 e. The van der Waals surface area contributed by atoms with Crippen LogP contribution in [-0.4, -0.2) is 23.8 Å². The third-order valence-electron chi connectivity index (χ3n) is 2.52. The Morgan fingerprint density at radius 1 is 1.47 bits per heavy atom. The third kappa shape index (κ3) is 5.02. The van der Waals surface area contributed by atoms with Gasteiger partial charge in [-0.25, -0.2) is 4.39 Å². The van der Waals surface area contributed by atoms with Gasteiger partial charge in [-0.3, -0.25) is 0 Å². The molecule has 2 N–H and O–H groups in total. The Balaban J connectivity index is 2.62. The largest absolute Gasteiger partial charge is 0.389 e. The average molecular weight is 260 g/mol. The summed E-state index contributed by atoms with van der Waals surface area (Å²) in [6.07, 6.45) is 1.28. The molecule has 0 saturated heterocycles. The van der Waals surface area contributed by atoms with Crippen LogP contribution in [0.2, 0.25) is 5.02 Å². The molecule has 0 saturated carbocycles. The summed E-state index contributed by atoms with van der Waals surface area (Å²) in [5.41, 5.74) is -0.471. The fourth-order valence-corrected chi connectivity index (χ4v) is 1.83. The van der Waals surface area contributed by atoms with Gasteiger partial charge in [-0.15, -0.1) is 0 Å². The maximum atomic E-state index is 13.6. The molecule has 0 aliphatic rings. The molecule has 0 bridgehead atoms. The lowest BCUT2D eigenvalue weighted by atomic mass is 9.96. The van der Waals surface area contributed by atoms with E-state index < -0.39 is 5.60 Å². The molecule has 96 valence electrons. The molecule has 4 heteroatoms. The summed E-state index contributed by atoms with van der Waals surface area (Å²) in [4.78, 5) is 0. The van der Waals surface area contributed by atoms with E-state index in [-0.39, 0.29) is 12.2 Å². The van der Waals surface area contributed by atoms with Gasteiger partial charge in [-0.2, -0.15) is 0 Å². The molecule has 1 rings (SSSR count). The number of benzene rings is 1. The summed E-state index contributed by atoms with van der Waals surface area (Å²) >= 11 is 5.68. The minimum Gasteiger partial charge on any atom is -0.389 e. The molecular formula is C13H19ClFNO. The highest BCUT2D eigenvalue weighted by Gasteiger charge is 2.22. The number of nitrogens with one attached hydrogen (secondary N) is 1. The summed E-state index contributed by atoms with van der Waals surface area (Å²) in [6.45, 7) is 5.05. The summed E-state index contributed by atoms with van der Waals surface area (Å²) < 4.78 is 13.6. The van der Waals surface area contributed by atoms with Crippen molar-refractivity contribution in [1.82, 2.24) is 5.32 Å². The summed E-state index contributed by atoms with van der Waals surface area (Å²) in [6, 6.07) is 4.52. The highest BCUT2D eigenvalue weighted by Crippen LogP contribution is 2.19. The van der Waals surface area contributed by atoms with E-state index in [1.165, 1.54) is 6.07 Å². The Bertz CT molecular complexity index is 368. The first kappa shape index (κ1) is 14.4. The minimum atomic E-state index is -0.955. The van der Waals surface area contributed by atoms with Gasteiger partial charge < -0.3 is 10.4 Å². The monoisotopic (exact) mass is 259 g/mol. The van der Waals surface area contributed by atoms with Crippen molar-refractivity contribution in [2.24, 2.45) is 0 Å². The second kappa shape index (κ2) is 6.34. The van der Waals surface area contributed by atoms with Gasteiger partial charge in [0.25, 0.3) is 0 Å². The van der Waals surface area contributed by atoms with Gasteiger partial charge >= 0.3 is 0 Å². The van der Waals surface area contributed by atoms with Gasteiger partial charge in [0.1, 0.15) is 5.82 Å². The number of hydrogen-bond donors (Lipinski definition) is 2. The van der Waals surface area contributed by atoms with E-state index in [9.17, 15) is 9.50 Å². The van der Waals surface area contributed by atoms with Gasteiger partial charge in [-0.1, -0.05) is 24.6 Å². The molecule has 2 nitrogen and oxygen atoms in total. The van der Waals surface area contributed by atoms with E-state index in [0.717, 1.165) is 13.0 Å². The normalized spacial score (nSPS) is 14.6. The topological polar surface area (TPSA) is 32.3 Å². The van der Waals surface area contributed by atoms with Crippen LogP contribution >= 0.6 is 11.6 Å². The molecule has 1 aromatic rings. The van der Waals surface area contributed by atoms with Crippen molar-refractivity contribution in [2.45, 2.75) is 32.3 Å². The van der Waals surface area contributed by atoms with Crippen LogP contribution in [0, 0.1) is 5.82 Å². The predicted octanol–water partition coefficient (Wildman–Crippen LogP) is 2.77. The Labute approximate surface area is 107 Å². The maximum Gasteiger partial charge on any atom is 0.127 e. The molecule has 0 aliphatic carbocycles. The molecule has 17 heavy (non-hydrogen) atoms. The summed E-state index contributed by atoms with van der Waals surface area (Å²) in [5.74, 6) is -0.367. The molecule has 1 unspecified atom stereocenters. The Kier molecular flexibility index (Phi) is 5.37. The second-order valence-corrected chi connectivity index (χ2v) is 5.02. The van der Waals surface area contributed by atoms with Gasteiger partial charge in [0.05, 0.1) is 5.60 Å². The first-order valence-electron chi connectivity index (χ1n) is 5.81. The van der Waals surface area contributed by atoms with Crippen LogP contribution in [0.4, 0.5) is 4.39 Å². The molecule has 0 amide bonds. The van der Waals surface area contributed by atoms with Crippen molar-refractivity contribution < 1.29 is 9.50 Å². The maximum absolute atomic E-state index is 13.6. The van der Waals surface area contributed by atoms with Crippen LogP contribution in [0.15, 0.2) is 18.2 Å². The van der Waals surface area contributed by atoms with E-state index in [1.54, 1.807) is 19.1 Å². The number of rotatable bonds is 6. The molecule has 0 spiro atoms. The molecule has 0 fully saturated rings. The minimum absolute atomic E-state index is 0.271. The average Bonchev–Trinajstić information content (AvgIpc) is 2.22. The van der Waals surface area contributed by atoms with Crippen molar-refractivity contribution in [3.05, 3.63) is 34.6 Å². The predicted molar refractivity (Wildman–Crippen MR) is 68.9 cm³/mol. The van der Waals surface area contributed by atoms with E-state index >= 15 is 0 Å². The summed E-state index contributed by atoms with van der Waals surface area (Å²) in [5, 5.41) is 13.6. The molecule has 0 heterocycles.